The minimum absolute atomic E-state index is 0.0286. The molecule has 0 spiro atoms. The first-order valence-electron chi connectivity index (χ1n) is 6.79. The van der Waals surface area contributed by atoms with Crippen molar-refractivity contribution < 1.29 is 13.9 Å². The molecule has 3 heterocycles. The third kappa shape index (κ3) is 1.74. The van der Waals surface area contributed by atoms with Gasteiger partial charge in [0.05, 0.1) is 10.5 Å². The number of halogens is 1. The molecule has 21 heavy (non-hydrogen) atoms. The Morgan fingerprint density at radius 1 is 1.38 bits per heavy atom. The topological polar surface area (TPSA) is 38.3 Å². The van der Waals surface area contributed by atoms with Crippen LogP contribution in [0.4, 0.5) is 10.1 Å². The fraction of sp³-hybridized carbons (Fsp3) is 0.188. The number of benzene rings is 1. The number of hydrogen-bond donors (Lipinski definition) is 1. The molecule has 0 bridgehead atoms. The summed E-state index contributed by atoms with van der Waals surface area (Å²) in [5.41, 5.74) is 2.75. The molecule has 106 valence electrons. The second-order valence-corrected chi connectivity index (χ2v) is 5.98. The summed E-state index contributed by atoms with van der Waals surface area (Å²) >= 11 is 1.55. The van der Waals surface area contributed by atoms with Gasteiger partial charge in [-0.15, -0.1) is 11.3 Å². The zero-order valence-electron chi connectivity index (χ0n) is 11.3. The molecule has 0 aliphatic carbocycles. The normalized spacial score (nSPS) is 22.8. The minimum atomic E-state index is -0.361. The molecule has 2 aromatic rings. The van der Waals surface area contributed by atoms with Gasteiger partial charge in [0.25, 0.3) is 5.91 Å². The smallest absolute Gasteiger partial charge is 0.260 e. The molecule has 1 amide bonds. The van der Waals surface area contributed by atoms with Crippen LogP contribution in [-0.2, 0) is 9.53 Å². The van der Waals surface area contributed by atoms with Gasteiger partial charge in [-0.05, 0) is 36.1 Å². The fourth-order valence-electron chi connectivity index (χ4n) is 2.86. The minimum Gasteiger partial charge on any atom is -0.483 e. The van der Waals surface area contributed by atoms with E-state index in [1.807, 2.05) is 18.4 Å². The number of carbonyl (C=O) groups excluding carboxylic acids is 1. The van der Waals surface area contributed by atoms with Crippen molar-refractivity contribution in [1.29, 1.82) is 0 Å². The van der Waals surface area contributed by atoms with Gasteiger partial charge in [-0.25, -0.2) is 4.39 Å². The zero-order valence-corrected chi connectivity index (χ0v) is 12.1. The molecule has 2 aliphatic heterocycles. The molecular formula is C16H12FNO2S. The average molecular weight is 301 g/mol. The fourth-order valence-corrected chi connectivity index (χ4v) is 3.80. The van der Waals surface area contributed by atoms with Crippen molar-refractivity contribution in [2.24, 2.45) is 0 Å². The summed E-state index contributed by atoms with van der Waals surface area (Å²) in [4.78, 5) is 13.3. The van der Waals surface area contributed by atoms with Crippen molar-refractivity contribution in [2.75, 3.05) is 5.32 Å². The van der Waals surface area contributed by atoms with E-state index in [1.165, 1.54) is 12.1 Å². The maximum atomic E-state index is 13.5. The van der Waals surface area contributed by atoms with Gasteiger partial charge >= 0.3 is 0 Å². The van der Waals surface area contributed by atoms with Crippen molar-refractivity contribution in [3.8, 4) is 0 Å². The lowest BCUT2D eigenvalue weighted by Gasteiger charge is -2.10. The number of thiophene rings is 1. The first kappa shape index (κ1) is 12.6. The summed E-state index contributed by atoms with van der Waals surface area (Å²) in [6, 6.07) is 6.33. The van der Waals surface area contributed by atoms with Crippen molar-refractivity contribution in [2.45, 2.75) is 19.4 Å². The summed E-state index contributed by atoms with van der Waals surface area (Å²) in [5.74, 6) is -0.0183. The van der Waals surface area contributed by atoms with E-state index in [0.29, 0.717) is 22.6 Å². The van der Waals surface area contributed by atoms with Crippen molar-refractivity contribution >= 4 is 34.3 Å². The van der Waals surface area contributed by atoms with E-state index in [0.717, 1.165) is 16.9 Å². The second kappa shape index (κ2) is 4.43. The van der Waals surface area contributed by atoms with Gasteiger partial charge in [0.15, 0.2) is 5.76 Å². The molecule has 0 radical (unpaired) electrons. The van der Waals surface area contributed by atoms with Crippen LogP contribution >= 0.6 is 11.3 Å². The zero-order chi connectivity index (χ0) is 14.6. The summed E-state index contributed by atoms with van der Waals surface area (Å²) < 4.78 is 19.5. The summed E-state index contributed by atoms with van der Waals surface area (Å²) in [6.07, 6.45) is 0.803. The van der Waals surface area contributed by atoms with Crippen molar-refractivity contribution in [3.05, 3.63) is 51.5 Å². The molecule has 1 atom stereocenters. The number of rotatable bonds is 1. The van der Waals surface area contributed by atoms with E-state index < -0.39 is 0 Å². The van der Waals surface area contributed by atoms with Crippen LogP contribution in [-0.4, -0.2) is 5.91 Å². The van der Waals surface area contributed by atoms with Crippen molar-refractivity contribution in [1.82, 2.24) is 0 Å². The monoisotopic (exact) mass is 301 g/mol. The number of anilines is 1. The lowest BCUT2D eigenvalue weighted by atomic mass is 10.0. The van der Waals surface area contributed by atoms with Gasteiger partial charge in [0, 0.05) is 16.8 Å². The third-order valence-corrected chi connectivity index (χ3v) is 4.76. The van der Waals surface area contributed by atoms with E-state index in [4.69, 9.17) is 4.74 Å². The number of carbonyl (C=O) groups is 1. The highest BCUT2D eigenvalue weighted by Gasteiger charge is 2.36. The van der Waals surface area contributed by atoms with E-state index in [2.05, 4.69) is 5.32 Å². The maximum absolute atomic E-state index is 13.5. The van der Waals surface area contributed by atoms with E-state index in [1.54, 1.807) is 17.4 Å². The number of fused-ring (bicyclic) bond motifs is 2. The van der Waals surface area contributed by atoms with Crippen LogP contribution < -0.4 is 5.32 Å². The standard InChI is InChI=1S/C16H12FNO2S/c1-2-12-9-5-6-21-15(9)14(20-12)13-10-7-8(17)3-4-11(10)18-16(13)19/h3-7,12H,2H2,1H3,(H,18,19)/b14-13-. The van der Waals surface area contributed by atoms with Gasteiger partial charge in [-0.3, -0.25) is 4.79 Å². The molecule has 0 saturated heterocycles. The van der Waals surface area contributed by atoms with Gasteiger partial charge in [-0.2, -0.15) is 0 Å². The summed E-state index contributed by atoms with van der Waals surface area (Å²) in [7, 11) is 0. The Kier molecular flexibility index (Phi) is 2.65. The summed E-state index contributed by atoms with van der Waals surface area (Å²) in [5, 5.41) is 4.76. The highest BCUT2D eigenvalue weighted by molar-refractivity contribution is 7.11. The molecule has 3 nitrogen and oxygen atoms in total. The van der Waals surface area contributed by atoms with Crippen LogP contribution in [0, 0.1) is 5.82 Å². The number of ether oxygens (including phenoxy) is 1. The maximum Gasteiger partial charge on any atom is 0.260 e. The average Bonchev–Trinajstić information content (AvgIpc) is 3.12. The Bertz CT molecular complexity index is 793. The van der Waals surface area contributed by atoms with Gasteiger partial charge < -0.3 is 10.1 Å². The van der Waals surface area contributed by atoms with Crippen LogP contribution in [0.3, 0.4) is 0 Å². The van der Waals surface area contributed by atoms with Crippen LogP contribution in [0.2, 0.25) is 0 Å². The molecule has 1 aromatic carbocycles. The highest BCUT2D eigenvalue weighted by atomic mass is 32.1. The third-order valence-electron chi connectivity index (χ3n) is 3.83. The molecule has 2 aliphatic rings. The molecule has 5 heteroatoms. The quantitative estimate of drug-likeness (QED) is 0.802. The molecule has 1 unspecified atom stereocenters. The highest BCUT2D eigenvalue weighted by Crippen LogP contribution is 2.48. The van der Waals surface area contributed by atoms with Gasteiger partial charge in [0.2, 0.25) is 0 Å². The Labute approximate surface area is 125 Å². The largest absolute Gasteiger partial charge is 0.483 e. The predicted octanol–water partition coefficient (Wildman–Crippen LogP) is 4.19. The second-order valence-electron chi connectivity index (χ2n) is 5.07. The molecule has 1 aromatic heterocycles. The van der Waals surface area contributed by atoms with E-state index in [9.17, 15) is 9.18 Å². The SMILES string of the molecule is CCC1O/C(=C2\C(=O)Nc3ccc(F)cc32)c2sccc21. The van der Waals surface area contributed by atoms with E-state index in [-0.39, 0.29) is 17.8 Å². The van der Waals surface area contributed by atoms with Crippen LogP contribution in [0.1, 0.15) is 35.5 Å². The van der Waals surface area contributed by atoms with Gasteiger partial charge in [-0.1, -0.05) is 6.92 Å². The lowest BCUT2D eigenvalue weighted by molar-refractivity contribution is -0.110. The molecule has 0 fully saturated rings. The van der Waals surface area contributed by atoms with Crippen molar-refractivity contribution in [3.63, 3.8) is 0 Å². The first-order chi connectivity index (χ1) is 10.2. The molecule has 4 rings (SSSR count). The number of nitrogens with one attached hydrogen (secondary N) is 1. The molecule has 0 saturated carbocycles. The predicted molar refractivity (Wildman–Crippen MR) is 80.3 cm³/mol. The molecular weight excluding hydrogens is 289 g/mol. The van der Waals surface area contributed by atoms with Crippen LogP contribution in [0.5, 0.6) is 0 Å². The Hall–Kier alpha value is -2.14. The van der Waals surface area contributed by atoms with E-state index >= 15 is 0 Å². The van der Waals surface area contributed by atoms with Crippen LogP contribution in [0.25, 0.3) is 11.3 Å². The van der Waals surface area contributed by atoms with Crippen LogP contribution in [0.15, 0.2) is 29.6 Å². The number of amides is 1. The Morgan fingerprint density at radius 2 is 2.24 bits per heavy atom. The first-order valence-corrected chi connectivity index (χ1v) is 7.67. The summed E-state index contributed by atoms with van der Waals surface area (Å²) in [6.45, 7) is 2.04. The Balaban J connectivity index is 1.95. The van der Waals surface area contributed by atoms with Gasteiger partial charge in [0.1, 0.15) is 11.9 Å². The molecule has 1 N–H and O–H groups in total. The number of hydrogen-bond acceptors (Lipinski definition) is 3. The lowest BCUT2D eigenvalue weighted by Crippen LogP contribution is -2.05. The Morgan fingerprint density at radius 3 is 3.05 bits per heavy atom.